The van der Waals surface area contributed by atoms with E-state index in [1.54, 1.807) is 41.3 Å². The average molecular weight is 425 g/mol. The molecule has 0 spiro atoms. The minimum atomic E-state index is -0.384. The Morgan fingerprint density at radius 3 is 2.32 bits per heavy atom. The average Bonchev–Trinajstić information content (AvgIpc) is 2.62. The molecule has 0 atom stereocenters. The van der Waals surface area contributed by atoms with E-state index < -0.39 is 0 Å². The van der Waals surface area contributed by atoms with Crippen LogP contribution in [0.2, 0.25) is 5.02 Å². The van der Waals surface area contributed by atoms with Crippen LogP contribution in [0.3, 0.4) is 0 Å². The van der Waals surface area contributed by atoms with E-state index >= 15 is 0 Å². The number of hydrogen-bond acceptors (Lipinski definition) is 4. The summed E-state index contributed by atoms with van der Waals surface area (Å²) < 4.78 is 0.666. The Kier molecular flexibility index (Phi) is 5.24. The van der Waals surface area contributed by atoms with E-state index in [1.165, 1.54) is 6.07 Å². The minimum absolute atomic E-state index is 0.0541. The highest BCUT2D eigenvalue weighted by molar-refractivity contribution is 9.10. The molecular formula is C17H15BrClN3O3. The number of piperazine rings is 1. The lowest BCUT2D eigenvalue weighted by Crippen LogP contribution is -2.48. The molecule has 3 rings (SSSR count). The van der Waals surface area contributed by atoms with Crippen LogP contribution in [0.1, 0.15) is 10.4 Å². The number of anilines is 1. The summed E-state index contributed by atoms with van der Waals surface area (Å²) in [5.74, 6) is -0.0541. The first-order valence-electron chi connectivity index (χ1n) is 7.69. The van der Waals surface area contributed by atoms with Crippen molar-refractivity contribution in [3.8, 4) is 0 Å². The molecule has 6 nitrogen and oxygen atoms in total. The van der Waals surface area contributed by atoms with Gasteiger partial charge in [0.25, 0.3) is 11.6 Å². The van der Waals surface area contributed by atoms with Crippen molar-refractivity contribution >= 4 is 44.8 Å². The van der Waals surface area contributed by atoms with Crippen LogP contribution in [0.5, 0.6) is 0 Å². The second-order valence-corrected chi connectivity index (χ2v) is 7.03. The van der Waals surface area contributed by atoms with Crippen LogP contribution >= 0.6 is 27.5 Å². The molecule has 1 aliphatic rings. The lowest BCUT2D eigenvalue weighted by atomic mass is 10.1. The highest BCUT2D eigenvalue weighted by Gasteiger charge is 2.26. The van der Waals surface area contributed by atoms with Crippen molar-refractivity contribution in [2.45, 2.75) is 0 Å². The molecule has 1 fully saturated rings. The Balaban J connectivity index is 1.71. The summed E-state index contributed by atoms with van der Waals surface area (Å²) in [4.78, 5) is 27.1. The second-order valence-electron chi connectivity index (χ2n) is 5.68. The maximum absolute atomic E-state index is 12.5. The molecule has 0 radical (unpaired) electrons. The van der Waals surface area contributed by atoms with E-state index in [0.717, 1.165) is 0 Å². The zero-order valence-electron chi connectivity index (χ0n) is 13.2. The summed E-state index contributed by atoms with van der Waals surface area (Å²) in [7, 11) is 0. The number of carbonyl (C=O) groups excluding carboxylic acids is 1. The van der Waals surface area contributed by atoms with Crippen molar-refractivity contribution in [2.75, 3.05) is 31.1 Å². The number of nitrogens with zero attached hydrogens (tertiary/aromatic N) is 3. The molecule has 8 heteroatoms. The van der Waals surface area contributed by atoms with E-state index in [4.69, 9.17) is 11.6 Å². The molecule has 130 valence electrons. The van der Waals surface area contributed by atoms with Gasteiger partial charge >= 0.3 is 0 Å². The Morgan fingerprint density at radius 1 is 1.08 bits per heavy atom. The number of amides is 1. The number of nitro benzene ring substituents is 1. The predicted molar refractivity (Wildman–Crippen MR) is 100 cm³/mol. The van der Waals surface area contributed by atoms with Gasteiger partial charge in [0.05, 0.1) is 4.92 Å². The number of carbonyl (C=O) groups is 1. The fourth-order valence-electron chi connectivity index (χ4n) is 2.84. The van der Waals surface area contributed by atoms with E-state index in [2.05, 4.69) is 15.9 Å². The minimum Gasteiger partial charge on any atom is -0.362 e. The van der Waals surface area contributed by atoms with Gasteiger partial charge in [0.15, 0.2) is 0 Å². The third-order valence-electron chi connectivity index (χ3n) is 4.13. The quantitative estimate of drug-likeness (QED) is 0.552. The summed E-state index contributed by atoms with van der Waals surface area (Å²) in [5.41, 5.74) is 1.23. The third-order valence-corrected chi connectivity index (χ3v) is 4.88. The molecule has 0 N–H and O–H groups in total. The van der Waals surface area contributed by atoms with Crippen molar-refractivity contribution in [2.24, 2.45) is 0 Å². The van der Waals surface area contributed by atoms with Crippen LogP contribution in [0.25, 0.3) is 0 Å². The van der Waals surface area contributed by atoms with Crippen molar-refractivity contribution in [1.82, 2.24) is 4.90 Å². The van der Waals surface area contributed by atoms with Gasteiger partial charge < -0.3 is 9.80 Å². The van der Waals surface area contributed by atoms with E-state index in [9.17, 15) is 14.9 Å². The first-order chi connectivity index (χ1) is 12.0. The number of nitro groups is 1. The first kappa shape index (κ1) is 17.7. The van der Waals surface area contributed by atoms with Crippen LogP contribution in [0.15, 0.2) is 46.9 Å². The largest absolute Gasteiger partial charge is 0.362 e. The summed E-state index contributed by atoms with van der Waals surface area (Å²) in [5, 5.41) is 11.9. The monoisotopic (exact) mass is 423 g/mol. The molecular weight excluding hydrogens is 410 g/mol. The molecule has 25 heavy (non-hydrogen) atoms. The predicted octanol–water partition coefficient (Wildman–Crippen LogP) is 3.97. The van der Waals surface area contributed by atoms with Crippen LogP contribution in [0, 0.1) is 10.1 Å². The molecule has 2 aromatic rings. The van der Waals surface area contributed by atoms with Gasteiger partial charge in [-0.1, -0.05) is 27.5 Å². The lowest BCUT2D eigenvalue weighted by molar-refractivity contribution is -0.384. The van der Waals surface area contributed by atoms with E-state index in [-0.39, 0.29) is 16.5 Å². The number of halogens is 2. The van der Waals surface area contributed by atoms with Gasteiger partial charge in [-0.15, -0.1) is 0 Å². The van der Waals surface area contributed by atoms with Crippen LogP contribution in [-0.2, 0) is 0 Å². The Hall–Kier alpha value is -2.12. The van der Waals surface area contributed by atoms with Gasteiger partial charge in [0.1, 0.15) is 5.69 Å². The molecule has 0 aromatic heterocycles. The molecule has 1 aliphatic heterocycles. The Labute approximate surface area is 158 Å². The summed E-state index contributed by atoms with van der Waals surface area (Å²) in [6.07, 6.45) is 0. The van der Waals surface area contributed by atoms with Crippen molar-refractivity contribution in [3.05, 3.63) is 67.6 Å². The molecule has 1 heterocycles. The standard InChI is InChI=1S/C17H15BrClN3O3/c18-13-3-6-15(16(11-13)22(24)25)20-7-9-21(10-8-20)17(23)12-1-4-14(19)5-2-12/h1-6,11H,7-10H2. The molecule has 0 aliphatic carbocycles. The molecule has 0 unspecified atom stereocenters. The molecule has 1 saturated heterocycles. The number of benzene rings is 2. The Morgan fingerprint density at radius 2 is 1.72 bits per heavy atom. The van der Waals surface area contributed by atoms with Gasteiger partial charge in [0, 0.05) is 47.3 Å². The smallest absolute Gasteiger partial charge is 0.293 e. The first-order valence-corrected chi connectivity index (χ1v) is 8.86. The lowest BCUT2D eigenvalue weighted by Gasteiger charge is -2.35. The van der Waals surface area contributed by atoms with Crippen LogP contribution in [-0.4, -0.2) is 41.9 Å². The SMILES string of the molecule is O=C(c1ccc(Cl)cc1)N1CCN(c2ccc(Br)cc2[N+](=O)[O-])CC1. The number of hydrogen-bond donors (Lipinski definition) is 0. The van der Waals surface area contributed by atoms with Crippen LogP contribution in [0.4, 0.5) is 11.4 Å². The topological polar surface area (TPSA) is 66.7 Å². The van der Waals surface area contributed by atoms with Crippen molar-refractivity contribution in [1.29, 1.82) is 0 Å². The highest BCUT2D eigenvalue weighted by atomic mass is 79.9. The highest BCUT2D eigenvalue weighted by Crippen LogP contribution is 2.31. The molecule has 0 bridgehead atoms. The van der Waals surface area contributed by atoms with E-state index in [1.807, 2.05) is 4.90 Å². The normalized spacial score (nSPS) is 14.5. The zero-order valence-corrected chi connectivity index (χ0v) is 15.5. The maximum atomic E-state index is 12.5. The van der Waals surface area contributed by atoms with Crippen molar-refractivity contribution in [3.63, 3.8) is 0 Å². The molecule has 0 saturated carbocycles. The van der Waals surface area contributed by atoms with Gasteiger partial charge in [-0.3, -0.25) is 14.9 Å². The summed E-state index contributed by atoms with van der Waals surface area (Å²) in [6.45, 7) is 2.10. The number of rotatable bonds is 3. The van der Waals surface area contributed by atoms with Crippen LogP contribution < -0.4 is 4.90 Å². The fourth-order valence-corrected chi connectivity index (χ4v) is 3.31. The second kappa shape index (κ2) is 7.41. The van der Waals surface area contributed by atoms with Crippen molar-refractivity contribution < 1.29 is 9.72 Å². The summed E-state index contributed by atoms with van der Waals surface area (Å²) in [6, 6.07) is 11.8. The summed E-state index contributed by atoms with van der Waals surface area (Å²) >= 11 is 9.11. The Bertz CT molecular complexity index is 805. The van der Waals surface area contributed by atoms with Gasteiger partial charge in [0.2, 0.25) is 0 Å². The van der Waals surface area contributed by atoms with E-state index in [0.29, 0.717) is 46.9 Å². The molecule has 1 amide bonds. The van der Waals surface area contributed by atoms with Gasteiger partial charge in [-0.2, -0.15) is 0 Å². The maximum Gasteiger partial charge on any atom is 0.293 e. The van der Waals surface area contributed by atoms with Gasteiger partial charge in [-0.05, 0) is 36.4 Å². The molecule has 2 aromatic carbocycles. The van der Waals surface area contributed by atoms with Gasteiger partial charge in [-0.25, -0.2) is 0 Å². The zero-order chi connectivity index (χ0) is 18.0. The fraction of sp³-hybridized carbons (Fsp3) is 0.235. The third kappa shape index (κ3) is 3.93.